The van der Waals surface area contributed by atoms with Gasteiger partial charge in [0.25, 0.3) is 0 Å². The molecule has 0 N–H and O–H groups in total. The van der Waals surface area contributed by atoms with Crippen LogP contribution in [0.5, 0.6) is 0 Å². The van der Waals surface area contributed by atoms with Gasteiger partial charge in [0, 0.05) is 5.56 Å². The van der Waals surface area contributed by atoms with Gasteiger partial charge in [-0.05, 0) is 30.4 Å². The van der Waals surface area contributed by atoms with Crippen molar-refractivity contribution in [1.29, 1.82) is 0 Å². The molecular weight excluding hydrogens is 323 g/mol. The molecule has 0 atom stereocenters. The Morgan fingerprint density at radius 3 is 2.29 bits per heavy atom. The highest BCUT2D eigenvalue weighted by atomic mass is 35.5. The first-order valence-corrected chi connectivity index (χ1v) is 8.82. The monoisotopic (exact) mass is 338 g/mol. The summed E-state index contributed by atoms with van der Waals surface area (Å²) in [4.78, 5) is 12.4. The van der Waals surface area contributed by atoms with E-state index in [4.69, 9.17) is 23.2 Å². The van der Waals surface area contributed by atoms with Crippen molar-refractivity contribution in [3.63, 3.8) is 0 Å². The summed E-state index contributed by atoms with van der Waals surface area (Å²) in [5, 5.41) is 0. The molecule has 110 valence electrons. The van der Waals surface area contributed by atoms with Crippen molar-refractivity contribution in [2.75, 3.05) is 0 Å². The lowest BCUT2D eigenvalue weighted by atomic mass is 9.84. The van der Waals surface area contributed by atoms with Crippen molar-refractivity contribution in [2.45, 2.75) is 38.0 Å². The van der Waals surface area contributed by atoms with Crippen molar-refractivity contribution < 1.29 is 4.79 Å². The predicted octanol–water partition coefficient (Wildman–Crippen LogP) is 6.33. The lowest BCUT2D eigenvalue weighted by Crippen LogP contribution is -2.05. The fourth-order valence-corrected chi connectivity index (χ4v) is 4.45. The zero-order valence-corrected chi connectivity index (χ0v) is 13.9. The third kappa shape index (κ3) is 3.33. The van der Waals surface area contributed by atoms with E-state index in [1.54, 1.807) is 6.07 Å². The Kier molecular flexibility index (Phi) is 4.68. The molecule has 1 aliphatic rings. The van der Waals surface area contributed by atoms with Crippen LogP contribution in [0.15, 0.2) is 30.3 Å². The summed E-state index contributed by atoms with van der Waals surface area (Å²) in [6, 6.07) is 9.64. The quantitative estimate of drug-likeness (QED) is 0.597. The summed E-state index contributed by atoms with van der Waals surface area (Å²) in [5.41, 5.74) is 2.52. The standard InChI is InChI=1S/C17H16Cl2OS/c18-15-10-14(17(19)21-15)16(20)13-8-6-12(7-9-13)11-4-2-1-3-5-11/h6-11H,1-5H2. The normalized spacial score (nSPS) is 16.1. The Bertz CT molecular complexity index is 639. The summed E-state index contributed by atoms with van der Waals surface area (Å²) in [5.74, 6) is 0.598. The van der Waals surface area contributed by atoms with Gasteiger partial charge in [0.15, 0.2) is 5.78 Å². The van der Waals surface area contributed by atoms with Gasteiger partial charge in [-0.15, -0.1) is 11.3 Å². The summed E-state index contributed by atoms with van der Waals surface area (Å²) >= 11 is 13.2. The number of hydrogen-bond donors (Lipinski definition) is 0. The summed E-state index contributed by atoms with van der Waals surface area (Å²) in [6.45, 7) is 0. The minimum Gasteiger partial charge on any atom is -0.289 e. The number of carbonyl (C=O) groups excluding carboxylic acids is 1. The van der Waals surface area contributed by atoms with Crippen LogP contribution < -0.4 is 0 Å². The summed E-state index contributed by atoms with van der Waals surface area (Å²) < 4.78 is 1.00. The molecule has 1 saturated carbocycles. The Morgan fingerprint density at radius 2 is 1.71 bits per heavy atom. The fourth-order valence-electron chi connectivity index (χ4n) is 2.99. The van der Waals surface area contributed by atoms with Crippen LogP contribution >= 0.6 is 34.5 Å². The first kappa shape index (κ1) is 15.1. The minimum atomic E-state index is -0.0571. The molecular formula is C17H16Cl2OS. The second-order valence-electron chi connectivity index (χ2n) is 5.52. The van der Waals surface area contributed by atoms with Crippen LogP contribution in [-0.4, -0.2) is 5.78 Å². The average molecular weight is 339 g/mol. The van der Waals surface area contributed by atoms with E-state index in [0.29, 0.717) is 25.7 Å². The zero-order valence-electron chi connectivity index (χ0n) is 11.6. The maximum absolute atomic E-state index is 12.4. The highest BCUT2D eigenvalue weighted by Crippen LogP contribution is 2.34. The number of ketones is 1. The molecule has 2 aromatic rings. The van der Waals surface area contributed by atoms with Gasteiger partial charge >= 0.3 is 0 Å². The number of benzene rings is 1. The van der Waals surface area contributed by atoms with Gasteiger partial charge in [-0.3, -0.25) is 4.79 Å². The number of carbonyl (C=O) groups is 1. The molecule has 1 aliphatic carbocycles. The van der Waals surface area contributed by atoms with E-state index < -0.39 is 0 Å². The number of rotatable bonds is 3. The molecule has 0 bridgehead atoms. The van der Waals surface area contributed by atoms with Crippen LogP contribution in [-0.2, 0) is 0 Å². The van der Waals surface area contributed by atoms with Crippen molar-refractivity contribution in [3.8, 4) is 0 Å². The second kappa shape index (κ2) is 6.51. The molecule has 1 heterocycles. The number of hydrogen-bond acceptors (Lipinski definition) is 2. The number of halogens is 2. The molecule has 1 nitrogen and oxygen atoms in total. The van der Waals surface area contributed by atoms with Crippen LogP contribution in [0.4, 0.5) is 0 Å². The molecule has 3 rings (SSSR count). The van der Waals surface area contributed by atoms with Crippen molar-refractivity contribution in [2.24, 2.45) is 0 Å². The predicted molar refractivity (Wildman–Crippen MR) is 90.0 cm³/mol. The maximum Gasteiger partial charge on any atom is 0.195 e. The van der Waals surface area contributed by atoms with Crippen molar-refractivity contribution in [1.82, 2.24) is 0 Å². The van der Waals surface area contributed by atoms with Crippen LogP contribution in [0.3, 0.4) is 0 Å². The Morgan fingerprint density at radius 1 is 1.05 bits per heavy atom. The van der Waals surface area contributed by atoms with Gasteiger partial charge in [-0.25, -0.2) is 0 Å². The van der Waals surface area contributed by atoms with Gasteiger partial charge in [-0.1, -0.05) is 66.7 Å². The molecule has 0 saturated heterocycles. The zero-order chi connectivity index (χ0) is 14.8. The van der Waals surface area contributed by atoms with Gasteiger partial charge in [0.05, 0.1) is 9.90 Å². The smallest absolute Gasteiger partial charge is 0.195 e. The van der Waals surface area contributed by atoms with Crippen molar-refractivity contribution in [3.05, 3.63) is 55.7 Å². The van der Waals surface area contributed by atoms with E-state index in [0.717, 1.165) is 0 Å². The Labute approximate surface area is 138 Å². The maximum atomic E-state index is 12.4. The van der Waals surface area contributed by atoms with E-state index in [-0.39, 0.29) is 5.78 Å². The minimum absolute atomic E-state index is 0.0571. The topological polar surface area (TPSA) is 17.1 Å². The molecule has 0 aliphatic heterocycles. The molecule has 1 aromatic carbocycles. The summed E-state index contributed by atoms with van der Waals surface area (Å²) in [6.07, 6.45) is 6.51. The van der Waals surface area contributed by atoms with Gasteiger partial charge in [-0.2, -0.15) is 0 Å². The van der Waals surface area contributed by atoms with Crippen LogP contribution in [0.2, 0.25) is 8.67 Å². The average Bonchev–Trinajstić information content (AvgIpc) is 2.86. The molecule has 1 aromatic heterocycles. The van der Waals surface area contributed by atoms with E-state index in [1.807, 2.05) is 12.1 Å². The number of thiophene rings is 1. The molecule has 4 heteroatoms. The molecule has 0 radical (unpaired) electrons. The van der Waals surface area contributed by atoms with Crippen LogP contribution in [0.25, 0.3) is 0 Å². The lowest BCUT2D eigenvalue weighted by molar-refractivity contribution is 0.103. The van der Waals surface area contributed by atoms with E-state index in [9.17, 15) is 4.79 Å². The molecule has 21 heavy (non-hydrogen) atoms. The van der Waals surface area contributed by atoms with Crippen LogP contribution in [0, 0.1) is 0 Å². The SMILES string of the molecule is O=C(c1ccc(C2CCCCC2)cc1)c1cc(Cl)sc1Cl. The highest BCUT2D eigenvalue weighted by Gasteiger charge is 2.18. The third-order valence-electron chi connectivity index (χ3n) is 4.15. The lowest BCUT2D eigenvalue weighted by Gasteiger charge is -2.22. The van der Waals surface area contributed by atoms with Crippen molar-refractivity contribution >= 4 is 40.3 Å². The van der Waals surface area contributed by atoms with Gasteiger partial charge < -0.3 is 0 Å². The van der Waals surface area contributed by atoms with E-state index in [1.165, 1.54) is 49.0 Å². The Hall–Kier alpha value is -0.830. The molecule has 0 unspecified atom stereocenters. The second-order valence-corrected chi connectivity index (χ2v) is 7.81. The molecule has 1 fully saturated rings. The van der Waals surface area contributed by atoms with E-state index >= 15 is 0 Å². The Balaban J connectivity index is 1.80. The first-order valence-electron chi connectivity index (χ1n) is 7.24. The van der Waals surface area contributed by atoms with E-state index in [2.05, 4.69) is 12.1 Å². The fraction of sp³-hybridized carbons (Fsp3) is 0.353. The highest BCUT2D eigenvalue weighted by molar-refractivity contribution is 7.20. The third-order valence-corrected chi connectivity index (χ3v) is 5.64. The molecule has 0 amide bonds. The molecule has 0 spiro atoms. The van der Waals surface area contributed by atoms with Gasteiger partial charge in [0.1, 0.15) is 4.34 Å². The first-order chi connectivity index (χ1) is 10.1. The van der Waals surface area contributed by atoms with Crippen LogP contribution in [0.1, 0.15) is 59.5 Å². The van der Waals surface area contributed by atoms with Gasteiger partial charge in [0.2, 0.25) is 0 Å². The summed E-state index contributed by atoms with van der Waals surface area (Å²) in [7, 11) is 0. The largest absolute Gasteiger partial charge is 0.289 e.